The highest BCUT2D eigenvalue weighted by Gasteiger charge is 2.15. The third-order valence-electron chi connectivity index (χ3n) is 3.66. The lowest BCUT2D eigenvalue weighted by Gasteiger charge is -2.23. The number of piperidine rings is 1. The highest BCUT2D eigenvalue weighted by atomic mass is 32.1. The van der Waals surface area contributed by atoms with Crippen LogP contribution < -0.4 is 10.6 Å². The van der Waals surface area contributed by atoms with Gasteiger partial charge in [-0.1, -0.05) is 0 Å². The van der Waals surface area contributed by atoms with Crippen molar-refractivity contribution in [2.75, 3.05) is 13.1 Å². The molecule has 1 atom stereocenters. The molecule has 2 rings (SSSR count). The van der Waals surface area contributed by atoms with Crippen molar-refractivity contribution in [1.82, 2.24) is 10.6 Å². The standard InChI is InChI=1S/C15H24N2OS/c1-11-9-13(12(2)19-11)5-3-7-15(18)17-14-6-4-8-16-10-14/h9,14,16H,3-8,10H2,1-2H3,(H,17,18). The van der Waals surface area contributed by atoms with Gasteiger partial charge in [-0.3, -0.25) is 4.79 Å². The second-order valence-corrected chi connectivity index (χ2v) is 6.86. The fourth-order valence-corrected chi connectivity index (χ4v) is 3.62. The van der Waals surface area contributed by atoms with Gasteiger partial charge in [0.1, 0.15) is 0 Å². The SMILES string of the molecule is Cc1cc(CCCC(=O)NC2CCCNC2)c(C)s1. The predicted molar refractivity (Wildman–Crippen MR) is 80.8 cm³/mol. The smallest absolute Gasteiger partial charge is 0.220 e. The van der Waals surface area contributed by atoms with E-state index in [0.717, 1.165) is 32.4 Å². The topological polar surface area (TPSA) is 41.1 Å². The Kier molecular flexibility index (Phi) is 5.40. The van der Waals surface area contributed by atoms with Gasteiger partial charge in [-0.15, -0.1) is 11.3 Å². The second-order valence-electron chi connectivity index (χ2n) is 5.40. The third kappa shape index (κ3) is 4.62. The van der Waals surface area contributed by atoms with E-state index in [1.54, 1.807) is 0 Å². The van der Waals surface area contributed by atoms with Crippen molar-refractivity contribution in [3.8, 4) is 0 Å². The molecule has 1 aliphatic rings. The van der Waals surface area contributed by atoms with E-state index in [2.05, 4.69) is 30.5 Å². The summed E-state index contributed by atoms with van der Waals surface area (Å²) in [5, 5.41) is 6.45. The molecule has 106 valence electrons. The van der Waals surface area contributed by atoms with Crippen LogP contribution in [0.1, 0.15) is 41.0 Å². The van der Waals surface area contributed by atoms with Crippen molar-refractivity contribution in [3.63, 3.8) is 0 Å². The molecule has 2 N–H and O–H groups in total. The van der Waals surface area contributed by atoms with Gasteiger partial charge in [0.15, 0.2) is 0 Å². The fraction of sp³-hybridized carbons (Fsp3) is 0.667. The number of carbonyl (C=O) groups excluding carboxylic acids is 1. The predicted octanol–water partition coefficient (Wildman–Crippen LogP) is 2.56. The van der Waals surface area contributed by atoms with E-state index in [1.165, 1.54) is 21.7 Å². The molecule has 1 aromatic heterocycles. The maximum absolute atomic E-state index is 11.9. The van der Waals surface area contributed by atoms with Gasteiger partial charge in [-0.2, -0.15) is 0 Å². The highest BCUT2D eigenvalue weighted by molar-refractivity contribution is 7.12. The molecule has 0 spiro atoms. The van der Waals surface area contributed by atoms with E-state index in [4.69, 9.17) is 0 Å². The summed E-state index contributed by atoms with van der Waals surface area (Å²) in [6, 6.07) is 2.59. The van der Waals surface area contributed by atoms with Crippen molar-refractivity contribution < 1.29 is 4.79 Å². The van der Waals surface area contributed by atoms with Crippen molar-refractivity contribution in [3.05, 3.63) is 21.4 Å². The molecule has 0 radical (unpaired) electrons. The lowest BCUT2D eigenvalue weighted by molar-refractivity contribution is -0.122. The summed E-state index contributed by atoms with van der Waals surface area (Å²) in [5.74, 6) is 0.207. The first kappa shape index (κ1) is 14.5. The molecule has 1 unspecified atom stereocenters. The molecule has 0 saturated carbocycles. The average molecular weight is 280 g/mol. The zero-order valence-electron chi connectivity index (χ0n) is 11.9. The molecule has 3 nitrogen and oxygen atoms in total. The number of hydrogen-bond donors (Lipinski definition) is 2. The van der Waals surface area contributed by atoms with Gasteiger partial charge in [0, 0.05) is 28.8 Å². The first-order valence-electron chi connectivity index (χ1n) is 7.21. The van der Waals surface area contributed by atoms with Gasteiger partial charge >= 0.3 is 0 Å². The van der Waals surface area contributed by atoms with Crippen LogP contribution >= 0.6 is 11.3 Å². The minimum Gasteiger partial charge on any atom is -0.352 e. The van der Waals surface area contributed by atoms with Crippen LogP contribution in [0.25, 0.3) is 0 Å². The number of rotatable bonds is 5. The van der Waals surface area contributed by atoms with Crippen molar-refractivity contribution in [2.24, 2.45) is 0 Å². The molecule has 19 heavy (non-hydrogen) atoms. The maximum Gasteiger partial charge on any atom is 0.220 e. The van der Waals surface area contributed by atoms with Crippen molar-refractivity contribution in [2.45, 2.75) is 52.0 Å². The molecule has 4 heteroatoms. The number of amides is 1. The molecule has 1 aromatic rings. The van der Waals surface area contributed by atoms with Gasteiger partial charge in [0.2, 0.25) is 5.91 Å². The Morgan fingerprint density at radius 3 is 3.00 bits per heavy atom. The van der Waals surface area contributed by atoms with E-state index in [1.807, 2.05) is 11.3 Å². The number of carbonyl (C=O) groups is 1. The van der Waals surface area contributed by atoms with E-state index in [9.17, 15) is 4.79 Å². The summed E-state index contributed by atoms with van der Waals surface area (Å²) < 4.78 is 0. The molecular formula is C15H24N2OS. The summed E-state index contributed by atoms with van der Waals surface area (Å²) in [6.07, 6.45) is 4.89. The normalized spacial score (nSPS) is 19.4. The van der Waals surface area contributed by atoms with Crippen LogP contribution in [0.15, 0.2) is 6.07 Å². The minimum absolute atomic E-state index is 0.207. The third-order valence-corrected chi connectivity index (χ3v) is 4.66. The molecule has 1 fully saturated rings. The zero-order chi connectivity index (χ0) is 13.7. The summed E-state index contributed by atoms with van der Waals surface area (Å²) in [4.78, 5) is 14.6. The largest absolute Gasteiger partial charge is 0.352 e. The monoisotopic (exact) mass is 280 g/mol. The summed E-state index contributed by atoms with van der Waals surface area (Å²) >= 11 is 1.85. The Labute approximate surface area is 119 Å². The van der Waals surface area contributed by atoms with Gasteiger partial charge in [0.25, 0.3) is 0 Å². The summed E-state index contributed by atoms with van der Waals surface area (Å²) in [5.41, 5.74) is 1.41. The van der Waals surface area contributed by atoms with Crippen LogP contribution in [-0.4, -0.2) is 25.0 Å². The highest BCUT2D eigenvalue weighted by Crippen LogP contribution is 2.22. The first-order valence-corrected chi connectivity index (χ1v) is 8.03. The maximum atomic E-state index is 11.9. The summed E-state index contributed by atoms with van der Waals surface area (Å²) in [7, 11) is 0. The first-order chi connectivity index (χ1) is 9.15. The van der Waals surface area contributed by atoms with E-state index in [-0.39, 0.29) is 5.91 Å². The molecule has 0 aromatic carbocycles. The Morgan fingerprint density at radius 1 is 1.53 bits per heavy atom. The van der Waals surface area contributed by atoms with Crippen LogP contribution in [0.5, 0.6) is 0 Å². The van der Waals surface area contributed by atoms with Crippen molar-refractivity contribution >= 4 is 17.2 Å². The van der Waals surface area contributed by atoms with Gasteiger partial charge in [0.05, 0.1) is 0 Å². The zero-order valence-corrected chi connectivity index (χ0v) is 12.7. The lowest BCUT2D eigenvalue weighted by Crippen LogP contribution is -2.45. The van der Waals surface area contributed by atoms with Crippen LogP contribution in [0.2, 0.25) is 0 Å². The van der Waals surface area contributed by atoms with E-state index in [0.29, 0.717) is 12.5 Å². The number of thiophene rings is 1. The van der Waals surface area contributed by atoms with Crippen LogP contribution in [-0.2, 0) is 11.2 Å². The van der Waals surface area contributed by atoms with Gasteiger partial charge < -0.3 is 10.6 Å². The van der Waals surface area contributed by atoms with E-state index >= 15 is 0 Å². The molecule has 0 bridgehead atoms. The Balaban J connectivity index is 1.67. The fourth-order valence-electron chi connectivity index (χ4n) is 2.65. The van der Waals surface area contributed by atoms with Crippen LogP contribution in [0, 0.1) is 13.8 Å². The molecule has 1 saturated heterocycles. The molecule has 2 heterocycles. The Morgan fingerprint density at radius 2 is 2.37 bits per heavy atom. The molecule has 1 amide bonds. The van der Waals surface area contributed by atoms with Gasteiger partial charge in [-0.25, -0.2) is 0 Å². The molecule has 1 aliphatic heterocycles. The Hall–Kier alpha value is -0.870. The number of aryl methyl sites for hydroxylation is 3. The van der Waals surface area contributed by atoms with Gasteiger partial charge in [-0.05, 0) is 57.7 Å². The number of hydrogen-bond acceptors (Lipinski definition) is 3. The average Bonchev–Trinajstić information content (AvgIpc) is 2.69. The molecule has 0 aliphatic carbocycles. The number of nitrogens with one attached hydrogen (secondary N) is 2. The van der Waals surface area contributed by atoms with Crippen molar-refractivity contribution in [1.29, 1.82) is 0 Å². The quantitative estimate of drug-likeness (QED) is 0.870. The minimum atomic E-state index is 0.207. The second kappa shape index (κ2) is 7.06. The summed E-state index contributed by atoms with van der Waals surface area (Å²) in [6.45, 7) is 6.32. The lowest BCUT2D eigenvalue weighted by atomic mass is 10.1. The van der Waals surface area contributed by atoms with Crippen LogP contribution in [0.3, 0.4) is 0 Å². The Bertz CT molecular complexity index is 422. The van der Waals surface area contributed by atoms with E-state index < -0.39 is 0 Å². The molecular weight excluding hydrogens is 256 g/mol. The van der Waals surface area contributed by atoms with Crippen LogP contribution in [0.4, 0.5) is 0 Å².